The molecule has 5 heteroatoms. The van der Waals surface area contributed by atoms with Gasteiger partial charge in [-0.15, -0.1) is 12.4 Å². The molecule has 16 heavy (non-hydrogen) atoms. The van der Waals surface area contributed by atoms with Gasteiger partial charge in [0.1, 0.15) is 0 Å². The maximum atomic E-state index is 11.0. The zero-order valence-corrected chi connectivity index (χ0v) is 10.0. The lowest BCUT2D eigenvalue weighted by atomic mass is 9.97. The van der Waals surface area contributed by atoms with Crippen LogP contribution in [0.5, 0.6) is 0 Å². The van der Waals surface area contributed by atoms with E-state index < -0.39 is 5.76 Å². The van der Waals surface area contributed by atoms with Gasteiger partial charge in [0.25, 0.3) is 0 Å². The Morgan fingerprint density at radius 1 is 1.38 bits per heavy atom. The summed E-state index contributed by atoms with van der Waals surface area (Å²) in [6.45, 7) is 4.12. The van der Waals surface area contributed by atoms with Crippen LogP contribution >= 0.6 is 12.4 Å². The summed E-state index contributed by atoms with van der Waals surface area (Å²) < 4.78 is 4.97. The zero-order valence-electron chi connectivity index (χ0n) is 9.19. The summed E-state index contributed by atoms with van der Waals surface area (Å²) >= 11 is 0. The summed E-state index contributed by atoms with van der Waals surface area (Å²) in [4.78, 5) is 13.5. The second kappa shape index (κ2) is 4.72. The fraction of sp³-hybridized carbons (Fsp3) is 0.364. The van der Waals surface area contributed by atoms with Crippen LogP contribution in [0.2, 0.25) is 0 Å². The van der Waals surface area contributed by atoms with Crippen LogP contribution in [-0.2, 0) is 0 Å². The zero-order chi connectivity index (χ0) is 11.0. The molecule has 1 atom stereocenters. The van der Waals surface area contributed by atoms with Gasteiger partial charge in [0.2, 0.25) is 0 Å². The average Bonchev–Trinajstić information content (AvgIpc) is 2.55. The van der Waals surface area contributed by atoms with Crippen LogP contribution in [0.4, 0.5) is 0 Å². The quantitative estimate of drug-likeness (QED) is 0.848. The molecule has 0 saturated carbocycles. The van der Waals surface area contributed by atoms with Crippen LogP contribution in [0.15, 0.2) is 27.4 Å². The Kier molecular flexibility index (Phi) is 3.78. The molecule has 0 bridgehead atoms. The minimum absolute atomic E-state index is 0. The maximum Gasteiger partial charge on any atom is 0.417 e. The molecule has 0 radical (unpaired) electrons. The van der Waals surface area contributed by atoms with E-state index in [1.807, 2.05) is 18.2 Å². The van der Waals surface area contributed by atoms with E-state index in [4.69, 9.17) is 10.2 Å². The van der Waals surface area contributed by atoms with Crippen molar-refractivity contribution in [1.82, 2.24) is 4.98 Å². The Labute approximate surface area is 99.2 Å². The van der Waals surface area contributed by atoms with Gasteiger partial charge in [-0.05, 0) is 23.6 Å². The number of nitrogens with two attached hydrogens (primary N) is 1. The normalized spacial score (nSPS) is 12.8. The molecule has 1 heterocycles. The first kappa shape index (κ1) is 12.8. The predicted molar refractivity (Wildman–Crippen MR) is 65.8 cm³/mol. The summed E-state index contributed by atoms with van der Waals surface area (Å²) in [7, 11) is 0. The lowest BCUT2D eigenvalue weighted by Crippen LogP contribution is -2.16. The van der Waals surface area contributed by atoms with Crippen molar-refractivity contribution in [2.24, 2.45) is 11.7 Å². The molecular formula is C11H15ClN2O2. The summed E-state index contributed by atoms with van der Waals surface area (Å²) in [5, 5.41) is 0. The highest BCUT2D eigenvalue weighted by atomic mass is 35.5. The number of H-pyrrole nitrogens is 1. The standard InChI is InChI=1S/C11H14N2O2.ClH/c1-6(2)10(12)7-3-4-8-9(5-7)15-11(14)13-8;/h3-6,10H,12H2,1-2H3,(H,13,14);1H. The van der Waals surface area contributed by atoms with Gasteiger partial charge in [-0.2, -0.15) is 0 Å². The maximum absolute atomic E-state index is 11.0. The Balaban J connectivity index is 0.00000128. The predicted octanol–water partition coefficient (Wildman–Crippen LogP) is 2.20. The number of rotatable bonds is 2. The van der Waals surface area contributed by atoms with Gasteiger partial charge in [0.05, 0.1) is 5.52 Å². The summed E-state index contributed by atoms with van der Waals surface area (Å²) in [6.07, 6.45) is 0. The van der Waals surface area contributed by atoms with Crippen molar-refractivity contribution in [3.63, 3.8) is 0 Å². The molecule has 88 valence electrons. The molecule has 0 aliphatic carbocycles. The number of halogens is 1. The highest BCUT2D eigenvalue weighted by molar-refractivity contribution is 5.85. The molecule has 0 fully saturated rings. The third kappa shape index (κ3) is 2.28. The van der Waals surface area contributed by atoms with Crippen molar-refractivity contribution in [2.45, 2.75) is 19.9 Å². The van der Waals surface area contributed by atoms with E-state index in [0.717, 1.165) is 5.56 Å². The second-order valence-corrected chi connectivity index (χ2v) is 4.04. The number of benzene rings is 1. The van der Waals surface area contributed by atoms with E-state index in [1.54, 1.807) is 0 Å². The molecule has 0 spiro atoms. The SMILES string of the molecule is CC(C)C(N)c1ccc2[nH]c(=O)oc2c1.Cl. The van der Waals surface area contributed by atoms with Gasteiger partial charge in [0, 0.05) is 6.04 Å². The van der Waals surface area contributed by atoms with Crippen LogP contribution in [-0.4, -0.2) is 4.98 Å². The lowest BCUT2D eigenvalue weighted by molar-refractivity contribution is 0.512. The first-order valence-corrected chi connectivity index (χ1v) is 4.96. The third-order valence-electron chi connectivity index (χ3n) is 2.55. The Hall–Kier alpha value is -1.26. The van der Waals surface area contributed by atoms with Crippen LogP contribution in [0, 0.1) is 5.92 Å². The van der Waals surface area contributed by atoms with Crippen molar-refractivity contribution in [1.29, 1.82) is 0 Å². The molecule has 0 aliphatic heterocycles. The molecular weight excluding hydrogens is 228 g/mol. The smallest absolute Gasteiger partial charge is 0.408 e. The van der Waals surface area contributed by atoms with E-state index in [1.165, 1.54) is 0 Å². The first-order valence-electron chi connectivity index (χ1n) is 4.96. The molecule has 0 amide bonds. The fourth-order valence-electron chi connectivity index (χ4n) is 1.55. The van der Waals surface area contributed by atoms with E-state index >= 15 is 0 Å². The average molecular weight is 243 g/mol. The van der Waals surface area contributed by atoms with Gasteiger partial charge in [-0.1, -0.05) is 19.9 Å². The first-order chi connectivity index (χ1) is 7.08. The minimum Gasteiger partial charge on any atom is -0.408 e. The molecule has 1 unspecified atom stereocenters. The molecule has 2 aromatic rings. The van der Waals surface area contributed by atoms with E-state index in [9.17, 15) is 4.79 Å². The second-order valence-electron chi connectivity index (χ2n) is 4.04. The molecule has 3 N–H and O–H groups in total. The fourth-order valence-corrected chi connectivity index (χ4v) is 1.55. The van der Waals surface area contributed by atoms with Gasteiger partial charge in [0.15, 0.2) is 5.58 Å². The molecule has 0 aliphatic rings. The molecule has 2 rings (SSSR count). The van der Waals surface area contributed by atoms with Crippen molar-refractivity contribution in [2.75, 3.05) is 0 Å². The monoisotopic (exact) mass is 242 g/mol. The molecule has 1 aromatic carbocycles. The van der Waals surface area contributed by atoms with Gasteiger partial charge < -0.3 is 10.2 Å². The number of aromatic nitrogens is 1. The van der Waals surface area contributed by atoms with Crippen LogP contribution in [0.25, 0.3) is 11.1 Å². The Morgan fingerprint density at radius 2 is 2.06 bits per heavy atom. The van der Waals surface area contributed by atoms with Crippen molar-refractivity contribution in [3.05, 3.63) is 34.3 Å². The number of aromatic amines is 1. The Morgan fingerprint density at radius 3 is 2.69 bits per heavy atom. The number of fused-ring (bicyclic) bond motifs is 1. The van der Waals surface area contributed by atoms with E-state index in [2.05, 4.69) is 18.8 Å². The largest absolute Gasteiger partial charge is 0.417 e. The number of oxazole rings is 1. The summed E-state index contributed by atoms with van der Waals surface area (Å²) in [5.74, 6) is -0.0756. The van der Waals surface area contributed by atoms with Crippen molar-refractivity contribution in [3.8, 4) is 0 Å². The van der Waals surface area contributed by atoms with Gasteiger partial charge in [-0.25, -0.2) is 4.79 Å². The molecule has 4 nitrogen and oxygen atoms in total. The lowest BCUT2D eigenvalue weighted by Gasteiger charge is -2.15. The third-order valence-corrected chi connectivity index (χ3v) is 2.55. The molecule has 0 saturated heterocycles. The van der Waals surface area contributed by atoms with Crippen molar-refractivity contribution < 1.29 is 4.42 Å². The van der Waals surface area contributed by atoms with Crippen LogP contribution in [0.1, 0.15) is 25.5 Å². The Bertz CT molecular complexity index is 530. The minimum atomic E-state index is -0.430. The van der Waals surface area contributed by atoms with Crippen molar-refractivity contribution >= 4 is 23.5 Å². The van der Waals surface area contributed by atoms with E-state index in [0.29, 0.717) is 17.0 Å². The topological polar surface area (TPSA) is 72.0 Å². The highest BCUT2D eigenvalue weighted by Gasteiger charge is 2.11. The number of hydrogen-bond acceptors (Lipinski definition) is 3. The highest BCUT2D eigenvalue weighted by Crippen LogP contribution is 2.21. The summed E-state index contributed by atoms with van der Waals surface area (Å²) in [6, 6.07) is 5.52. The number of nitrogens with one attached hydrogen (secondary N) is 1. The van der Waals surface area contributed by atoms with E-state index in [-0.39, 0.29) is 18.4 Å². The van der Waals surface area contributed by atoms with Gasteiger partial charge >= 0.3 is 5.76 Å². The van der Waals surface area contributed by atoms with Crippen LogP contribution in [0.3, 0.4) is 0 Å². The van der Waals surface area contributed by atoms with Gasteiger partial charge in [-0.3, -0.25) is 4.98 Å². The molecule has 1 aromatic heterocycles. The van der Waals surface area contributed by atoms with Crippen LogP contribution < -0.4 is 11.5 Å². The number of hydrogen-bond donors (Lipinski definition) is 2. The summed E-state index contributed by atoms with van der Waals surface area (Å²) in [5.41, 5.74) is 8.26.